The van der Waals surface area contributed by atoms with Crippen LogP contribution >= 0.6 is 9.47 Å². The summed E-state index contributed by atoms with van der Waals surface area (Å²) in [7, 11) is 1.80. The molecule has 2 atom stereocenters. The molecule has 0 fully saturated rings. The van der Waals surface area contributed by atoms with Gasteiger partial charge in [-0.1, -0.05) is 30.3 Å². The van der Waals surface area contributed by atoms with Crippen LogP contribution in [0.2, 0.25) is 0 Å². The van der Waals surface area contributed by atoms with Gasteiger partial charge in [-0.25, -0.2) is 4.79 Å². The van der Waals surface area contributed by atoms with Crippen LogP contribution < -0.4 is 0 Å². The maximum Gasteiger partial charge on any atom is 0.341 e. The van der Waals surface area contributed by atoms with E-state index in [4.69, 9.17) is 0 Å². The molecule has 1 rings (SSSR count). The van der Waals surface area contributed by atoms with Crippen LogP contribution in [0.3, 0.4) is 0 Å². The minimum atomic E-state index is -1.19. The molecule has 0 radical (unpaired) electrons. The molecule has 0 aliphatic rings. The Morgan fingerprint density at radius 1 is 1.42 bits per heavy atom. The molecule has 0 saturated carbocycles. The van der Waals surface area contributed by atoms with Crippen LogP contribution in [0.1, 0.15) is 11.7 Å². The van der Waals surface area contributed by atoms with E-state index in [1.165, 1.54) is 0 Å². The fourth-order valence-corrected chi connectivity index (χ4v) is 0.965. The predicted octanol–water partition coefficient (Wildman–Crippen LogP) is 1.05. The van der Waals surface area contributed by atoms with Gasteiger partial charge in [-0.3, -0.25) is 0 Å². The molecular formula is C8H9O3P. The molecule has 12 heavy (non-hydrogen) atoms. The molecule has 0 heterocycles. The fraction of sp³-hybridized carbons (Fsp3) is 0.125. The second-order valence-corrected chi connectivity index (χ2v) is 2.49. The molecule has 4 heteroatoms. The number of hydrogen-bond donors (Lipinski definition) is 1. The van der Waals surface area contributed by atoms with Gasteiger partial charge < -0.3 is 9.63 Å². The number of carbonyl (C=O) groups excluding carboxylic acids is 1. The van der Waals surface area contributed by atoms with Crippen molar-refractivity contribution in [3.8, 4) is 0 Å². The molecule has 0 aliphatic heterocycles. The molecule has 1 aromatic carbocycles. The maximum atomic E-state index is 10.8. The topological polar surface area (TPSA) is 46.5 Å². The SMILES string of the molecule is O=C(OP)[C@@H](O)c1ccccc1. The van der Waals surface area contributed by atoms with Crippen LogP contribution in [-0.4, -0.2) is 11.1 Å². The Hall–Kier alpha value is -0.920. The van der Waals surface area contributed by atoms with Crippen LogP contribution in [0, 0.1) is 0 Å². The average molecular weight is 184 g/mol. The van der Waals surface area contributed by atoms with Gasteiger partial charge in [0.15, 0.2) is 6.10 Å². The predicted molar refractivity (Wildman–Crippen MR) is 47.2 cm³/mol. The quantitative estimate of drug-likeness (QED) is 0.699. The Kier molecular flexibility index (Phi) is 3.20. The molecule has 0 spiro atoms. The monoisotopic (exact) mass is 184 g/mol. The summed E-state index contributed by atoms with van der Waals surface area (Å²) in [6, 6.07) is 8.62. The van der Waals surface area contributed by atoms with E-state index in [1.807, 2.05) is 6.07 Å². The second-order valence-electron chi connectivity index (χ2n) is 2.25. The van der Waals surface area contributed by atoms with Crippen molar-refractivity contribution in [3.63, 3.8) is 0 Å². The Bertz CT molecular complexity index is 260. The van der Waals surface area contributed by atoms with Gasteiger partial charge in [0.1, 0.15) is 0 Å². The summed E-state index contributed by atoms with van der Waals surface area (Å²) in [5.74, 6) is -0.675. The van der Waals surface area contributed by atoms with Crippen molar-refractivity contribution >= 4 is 15.4 Å². The lowest BCUT2D eigenvalue weighted by Crippen LogP contribution is -2.10. The first-order chi connectivity index (χ1) is 5.75. The highest BCUT2D eigenvalue weighted by Gasteiger charge is 2.16. The molecule has 1 N–H and O–H groups in total. The molecule has 0 bridgehead atoms. The third-order valence-electron chi connectivity index (χ3n) is 1.45. The van der Waals surface area contributed by atoms with Gasteiger partial charge in [-0.15, -0.1) is 0 Å². The van der Waals surface area contributed by atoms with E-state index in [0.29, 0.717) is 5.56 Å². The number of aliphatic hydroxyl groups excluding tert-OH is 1. The van der Waals surface area contributed by atoms with E-state index in [1.54, 1.807) is 33.7 Å². The van der Waals surface area contributed by atoms with E-state index in [9.17, 15) is 9.90 Å². The number of rotatable bonds is 2. The number of benzene rings is 1. The third kappa shape index (κ3) is 2.03. The normalized spacial score (nSPS) is 12.2. The first kappa shape index (κ1) is 9.17. The fourth-order valence-electron chi connectivity index (χ4n) is 0.836. The lowest BCUT2D eigenvalue weighted by molar-refractivity contribution is -0.142. The molecule has 3 nitrogen and oxygen atoms in total. The minimum Gasteiger partial charge on any atom is -0.449 e. The lowest BCUT2D eigenvalue weighted by atomic mass is 10.1. The number of carbonyl (C=O) groups is 1. The molecule has 0 amide bonds. The molecule has 0 aromatic heterocycles. The van der Waals surface area contributed by atoms with E-state index in [-0.39, 0.29) is 0 Å². The minimum absolute atomic E-state index is 0.532. The summed E-state index contributed by atoms with van der Waals surface area (Å²) in [5.41, 5.74) is 0.532. The summed E-state index contributed by atoms with van der Waals surface area (Å²) in [4.78, 5) is 10.8. The zero-order chi connectivity index (χ0) is 8.97. The highest BCUT2D eigenvalue weighted by molar-refractivity contribution is 7.10. The van der Waals surface area contributed by atoms with Gasteiger partial charge in [-0.2, -0.15) is 0 Å². The number of hydrogen-bond acceptors (Lipinski definition) is 3. The van der Waals surface area contributed by atoms with Crippen LogP contribution in [0.5, 0.6) is 0 Å². The molecular weight excluding hydrogens is 175 g/mol. The van der Waals surface area contributed by atoms with Gasteiger partial charge in [0.05, 0.1) is 9.47 Å². The molecule has 1 aromatic rings. The summed E-state index contributed by atoms with van der Waals surface area (Å²) >= 11 is 0. The summed E-state index contributed by atoms with van der Waals surface area (Å²) in [5, 5.41) is 9.30. The highest BCUT2D eigenvalue weighted by Crippen LogP contribution is 2.14. The Labute approximate surface area is 72.6 Å². The van der Waals surface area contributed by atoms with Gasteiger partial charge in [0.25, 0.3) is 0 Å². The summed E-state index contributed by atoms with van der Waals surface area (Å²) < 4.78 is 4.29. The van der Waals surface area contributed by atoms with Crippen LogP contribution in [0.15, 0.2) is 30.3 Å². The van der Waals surface area contributed by atoms with Crippen LogP contribution in [-0.2, 0) is 9.32 Å². The number of aliphatic hydroxyl groups is 1. The van der Waals surface area contributed by atoms with Gasteiger partial charge in [0, 0.05) is 0 Å². The van der Waals surface area contributed by atoms with Crippen molar-refractivity contribution in [1.29, 1.82) is 0 Å². The van der Waals surface area contributed by atoms with Crippen molar-refractivity contribution in [2.45, 2.75) is 6.10 Å². The van der Waals surface area contributed by atoms with Crippen molar-refractivity contribution in [1.82, 2.24) is 0 Å². The van der Waals surface area contributed by atoms with Crippen molar-refractivity contribution in [3.05, 3.63) is 35.9 Å². The molecule has 64 valence electrons. The maximum absolute atomic E-state index is 10.8. The zero-order valence-corrected chi connectivity index (χ0v) is 7.46. The van der Waals surface area contributed by atoms with Crippen molar-refractivity contribution in [2.75, 3.05) is 0 Å². The van der Waals surface area contributed by atoms with Crippen LogP contribution in [0.4, 0.5) is 0 Å². The van der Waals surface area contributed by atoms with Gasteiger partial charge in [-0.05, 0) is 5.56 Å². The van der Waals surface area contributed by atoms with Gasteiger partial charge in [0.2, 0.25) is 0 Å². The lowest BCUT2D eigenvalue weighted by Gasteiger charge is -2.06. The van der Waals surface area contributed by atoms with Crippen molar-refractivity contribution < 1.29 is 14.4 Å². The second kappa shape index (κ2) is 4.19. The first-order valence-electron chi connectivity index (χ1n) is 3.39. The molecule has 0 aliphatic carbocycles. The van der Waals surface area contributed by atoms with Crippen molar-refractivity contribution in [2.24, 2.45) is 0 Å². The first-order valence-corrected chi connectivity index (χ1v) is 3.86. The smallest absolute Gasteiger partial charge is 0.341 e. The van der Waals surface area contributed by atoms with E-state index in [0.717, 1.165) is 0 Å². The van der Waals surface area contributed by atoms with E-state index >= 15 is 0 Å². The molecule has 0 saturated heterocycles. The Morgan fingerprint density at radius 2 is 2.00 bits per heavy atom. The third-order valence-corrected chi connectivity index (χ3v) is 1.69. The summed E-state index contributed by atoms with van der Waals surface area (Å²) in [6.07, 6.45) is -1.19. The molecule has 1 unspecified atom stereocenters. The Morgan fingerprint density at radius 3 is 2.50 bits per heavy atom. The standard InChI is InChI=1S/C8H9O3P/c9-7(8(10)11-12)6-4-2-1-3-5-6/h1-5,7,9H,12H2/t7-/m0/s1. The van der Waals surface area contributed by atoms with Gasteiger partial charge >= 0.3 is 5.97 Å². The van der Waals surface area contributed by atoms with E-state index < -0.39 is 12.1 Å². The largest absolute Gasteiger partial charge is 0.449 e. The zero-order valence-electron chi connectivity index (χ0n) is 6.31. The summed E-state index contributed by atoms with van der Waals surface area (Å²) in [6.45, 7) is 0. The van der Waals surface area contributed by atoms with E-state index in [2.05, 4.69) is 4.52 Å². The Balaban J connectivity index is 2.78. The average Bonchev–Trinajstić information content (AvgIpc) is 2.17. The van der Waals surface area contributed by atoms with Crippen LogP contribution in [0.25, 0.3) is 0 Å². The highest BCUT2D eigenvalue weighted by atomic mass is 31.0.